The number of methoxy groups -OCH3 is 2. The van der Waals surface area contributed by atoms with Crippen molar-refractivity contribution in [1.29, 1.82) is 0 Å². The fraction of sp³-hybridized carbons (Fsp3) is 0.433. The number of ether oxygens (including phenoxy) is 4. The summed E-state index contributed by atoms with van der Waals surface area (Å²) < 4.78 is 94.4. The lowest BCUT2D eigenvalue weighted by Gasteiger charge is -2.32. The van der Waals surface area contributed by atoms with Crippen LogP contribution >= 0.6 is 0 Å². The summed E-state index contributed by atoms with van der Waals surface area (Å²) in [6.07, 6.45) is -6.06. The maximum Gasteiger partial charge on any atom is 0.417 e. The van der Waals surface area contributed by atoms with E-state index < -0.39 is 47.1 Å². The molecule has 0 unspecified atom stereocenters. The first-order chi connectivity index (χ1) is 19.4. The zero-order valence-corrected chi connectivity index (χ0v) is 23.4. The number of nitrogens with one attached hydrogen (secondary N) is 1. The Morgan fingerprint density at radius 3 is 2.41 bits per heavy atom. The number of halogens is 5. The maximum absolute atomic E-state index is 14.8. The summed E-state index contributed by atoms with van der Waals surface area (Å²) in [6.45, 7) is 5.03. The van der Waals surface area contributed by atoms with Crippen LogP contribution in [0, 0.1) is 24.5 Å². The number of aryl methyl sites for hydroxylation is 1. The van der Waals surface area contributed by atoms with Crippen LogP contribution in [-0.4, -0.2) is 44.1 Å². The molecule has 0 aliphatic carbocycles. The van der Waals surface area contributed by atoms with E-state index in [-0.39, 0.29) is 17.9 Å². The SMILES string of the molecule is COCCNc1c(OCc2ccccc2)cc([C@@H]2O[C@@](C)(C(F)(F)F)[C@@H](C)[C@H]2c2ccc(F)c(F)c2OC)nc1C. The molecule has 0 spiro atoms. The summed E-state index contributed by atoms with van der Waals surface area (Å²) >= 11 is 0. The number of hydrogen-bond acceptors (Lipinski definition) is 6. The van der Waals surface area contributed by atoms with Gasteiger partial charge >= 0.3 is 6.18 Å². The Balaban J connectivity index is 1.84. The Labute approximate surface area is 235 Å². The van der Waals surface area contributed by atoms with Crippen LogP contribution in [0.5, 0.6) is 11.5 Å². The molecule has 2 aromatic carbocycles. The molecule has 1 aromatic heterocycles. The molecule has 1 fully saturated rings. The quantitative estimate of drug-likeness (QED) is 0.204. The molecule has 0 radical (unpaired) electrons. The van der Waals surface area contributed by atoms with E-state index in [2.05, 4.69) is 10.3 Å². The second kappa shape index (κ2) is 12.2. The van der Waals surface area contributed by atoms with Gasteiger partial charge in [0, 0.05) is 37.1 Å². The van der Waals surface area contributed by atoms with E-state index in [1.54, 1.807) is 14.0 Å². The first-order valence-electron chi connectivity index (χ1n) is 13.1. The third-order valence-corrected chi connectivity index (χ3v) is 7.63. The smallest absolute Gasteiger partial charge is 0.417 e. The number of anilines is 1. The van der Waals surface area contributed by atoms with Crippen molar-refractivity contribution in [1.82, 2.24) is 4.98 Å². The lowest BCUT2D eigenvalue weighted by atomic mass is 9.76. The predicted octanol–water partition coefficient (Wildman–Crippen LogP) is 7.13. The largest absolute Gasteiger partial charge is 0.493 e. The second-order valence-electron chi connectivity index (χ2n) is 10.1. The molecule has 1 N–H and O–H groups in total. The maximum atomic E-state index is 14.8. The van der Waals surface area contributed by atoms with Gasteiger partial charge in [-0.2, -0.15) is 17.6 Å². The van der Waals surface area contributed by atoms with Gasteiger partial charge in [-0.25, -0.2) is 4.39 Å². The normalized spacial score (nSPS) is 22.5. The summed E-state index contributed by atoms with van der Waals surface area (Å²) in [5.74, 6) is -4.90. The number of alkyl halides is 3. The van der Waals surface area contributed by atoms with Crippen molar-refractivity contribution in [3.05, 3.63) is 82.7 Å². The van der Waals surface area contributed by atoms with Crippen molar-refractivity contribution < 1.29 is 40.9 Å². The predicted molar refractivity (Wildman–Crippen MR) is 143 cm³/mol. The first kappa shape index (κ1) is 30.5. The molecule has 1 aliphatic heterocycles. The molecule has 0 saturated carbocycles. The highest BCUT2D eigenvalue weighted by atomic mass is 19.4. The number of rotatable bonds is 10. The molecule has 3 aromatic rings. The van der Waals surface area contributed by atoms with E-state index >= 15 is 0 Å². The topological polar surface area (TPSA) is 61.8 Å². The molecule has 0 amide bonds. The lowest BCUT2D eigenvalue weighted by Crippen LogP contribution is -2.46. The van der Waals surface area contributed by atoms with Crippen molar-refractivity contribution >= 4 is 5.69 Å². The van der Waals surface area contributed by atoms with Gasteiger partial charge in [0.15, 0.2) is 17.2 Å². The minimum Gasteiger partial charge on any atom is -0.493 e. The summed E-state index contributed by atoms with van der Waals surface area (Å²) in [5.41, 5.74) is -0.535. The Kier molecular flexibility index (Phi) is 9.08. The molecular weight excluding hydrogens is 547 g/mol. The molecule has 1 aliphatic rings. The Morgan fingerprint density at radius 2 is 1.78 bits per heavy atom. The van der Waals surface area contributed by atoms with E-state index in [0.29, 0.717) is 30.3 Å². The zero-order valence-electron chi connectivity index (χ0n) is 23.4. The van der Waals surface area contributed by atoms with Crippen LogP contribution in [-0.2, 0) is 16.1 Å². The van der Waals surface area contributed by atoms with Crippen molar-refractivity contribution in [3.63, 3.8) is 0 Å². The highest BCUT2D eigenvalue weighted by Gasteiger charge is 2.65. The van der Waals surface area contributed by atoms with Crippen molar-refractivity contribution in [2.45, 2.75) is 51.2 Å². The number of hydrogen-bond donors (Lipinski definition) is 1. The Hall–Kier alpha value is -3.44. The van der Waals surface area contributed by atoms with Crippen LogP contribution < -0.4 is 14.8 Å². The molecular formula is C30H33F5N2O4. The van der Waals surface area contributed by atoms with Crippen molar-refractivity contribution in [2.24, 2.45) is 5.92 Å². The minimum atomic E-state index is -4.77. The van der Waals surface area contributed by atoms with Crippen LogP contribution in [0.2, 0.25) is 0 Å². The van der Waals surface area contributed by atoms with Gasteiger partial charge in [-0.05, 0) is 25.5 Å². The molecule has 0 bridgehead atoms. The van der Waals surface area contributed by atoms with Gasteiger partial charge < -0.3 is 24.3 Å². The Bertz CT molecular complexity index is 1350. The third-order valence-electron chi connectivity index (χ3n) is 7.63. The number of benzene rings is 2. The fourth-order valence-electron chi connectivity index (χ4n) is 5.22. The van der Waals surface area contributed by atoms with E-state index in [9.17, 15) is 22.0 Å². The zero-order chi connectivity index (χ0) is 29.9. The van der Waals surface area contributed by atoms with Gasteiger partial charge in [-0.3, -0.25) is 4.98 Å². The molecule has 41 heavy (non-hydrogen) atoms. The van der Waals surface area contributed by atoms with E-state index in [1.807, 2.05) is 30.3 Å². The molecule has 1 saturated heterocycles. The summed E-state index contributed by atoms with van der Waals surface area (Å²) in [7, 11) is 2.70. The molecule has 2 heterocycles. The Morgan fingerprint density at radius 1 is 1.07 bits per heavy atom. The molecule has 6 nitrogen and oxygen atoms in total. The molecule has 222 valence electrons. The summed E-state index contributed by atoms with van der Waals surface area (Å²) in [6, 6.07) is 13.0. The van der Waals surface area contributed by atoms with Gasteiger partial charge in [-0.15, -0.1) is 0 Å². The molecule has 11 heteroatoms. The average Bonchev–Trinajstić information content (AvgIpc) is 3.22. The minimum absolute atomic E-state index is 0.0466. The third kappa shape index (κ3) is 5.97. The van der Waals surface area contributed by atoms with Crippen LogP contribution in [0.15, 0.2) is 48.5 Å². The van der Waals surface area contributed by atoms with Gasteiger partial charge in [0.2, 0.25) is 5.82 Å². The first-order valence-corrected chi connectivity index (χ1v) is 13.1. The van der Waals surface area contributed by atoms with E-state index in [1.165, 1.54) is 19.1 Å². The van der Waals surface area contributed by atoms with Gasteiger partial charge in [0.05, 0.1) is 30.8 Å². The summed E-state index contributed by atoms with van der Waals surface area (Å²) in [4.78, 5) is 4.62. The molecule has 4 rings (SSSR count). The highest BCUT2D eigenvalue weighted by Crippen LogP contribution is 2.59. The van der Waals surface area contributed by atoms with E-state index in [4.69, 9.17) is 18.9 Å². The van der Waals surface area contributed by atoms with Crippen LogP contribution in [0.1, 0.15) is 48.4 Å². The number of pyridine rings is 1. The van der Waals surface area contributed by atoms with Crippen LogP contribution in [0.4, 0.5) is 27.6 Å². The van der Waals surface area contributed by atoms with Crippen LogP contribution in [0.25, 0.3) is 0 Å². The van der Waals surface area contributed by atoms with Gasteiger partial charge in [0.25, 0.3) is 0 Å². The van der Waals surface area contributed by atoms with Gasteiger partial charge in [0.1, 0.15) is 18.5 Å². The summed E-state index contributed by atoms with van der Waals surface area (Å²) in [5, 5.41) is 3.22. The molecule has 4 atom stereocenters. The standard InChI is InChI=1S/C30H33F5N2O4/c1-17-24(20-11-12-21(31)25(32)27(20)39-5)28(41-29(17,3)30(33,34)35)22-15-23(40-16-19-9-7-6-8-10-19)26(18(2)37-22)36-13-14-38-4/h6-12,15,17,24,28,36H,13-14,16H2,1-5H3/t17-,24-,28-,29+/m0/s1. The van der Waals surface area contributed by atoms with Crippen molar-refractivity contribution in [3.8, 4) is 11.5 Å². The average molecular weight is 581 g/mol. The van der Waals surface area contributed by atoms with Crippen molar-refractivity contribution in [2.75, 3.05) is 32.7 Å². The number of aromatic nitrogens is 1. The second-order valence-corrected chi connectivity index (χ2v) is 10.1. The van der Waals surface area contributed by atoms with E-state index in [0.717, 1.165) is 25.7 Å². The lowest BCUT2D eigenvalue weighted by molar-refractivity contribution is -0.275. The monoisotopic (exact) mass is 580 g/mol. The van der Waals surface area contributed by atoms with Gasteiger partial charge in [-0.1, -0.05) is 43.3 Å². The number of nitrogens with zero attached hydrogens (tertiary/aromatic N) is 1. The highest BCUT2D eigenvalue weighted by molar-refractivity contribution is 5.60. The van der Waals surface area contributed by atoms with Crippen LogP contribution in [0.3, 0.4) is 0 Å². The fourth-order valence-corrected chi connectivity index (χ4v) is 5.22.